The third-order valence-corrected chi connectivity index (χ3v) is 2.72. The Hall–Kier alpha value is 0.200. The van der Waals surface area contributed by atoms with Gasteiger partial charge in [0.2, 0.25) is 9.05 Å². The second kappa shape index (κ2) is 6.62. The highest BCUT2D eigenvalue weighted by Crippen LogP contribution is 2.04. The zero-order chi connectivity index (χ0) is 10.3. The van der Waals surface area contributed by atoms with Gasteiger partial charge in [-0.05, 0) is 26.7 Å². The van der Waals surface area contributed by atoms with Crippen molar-refractivity contribution in [1.82, 2.24) is 0 Å². The fraction of sp³-hybridized carbons (Fsp3) is 1.00. The number of hydrogen-bond donors (Lipinski definition) is 0. The Morgan fingerprint density at radius 1 is 1.23 bits per heavy atom. The lowest BCUT2D eigenvalue weighted by atomic mass is 10.3. The Morgan fingerprint density at radius 2 is 1.85 bits per heavy atom. The third-order valence-electron chi connectivity index (χ3n) is 1.48. The van der Waals surface area contributed by atoms with E-state index in [9.17, 15) is 8.42 Å². The van der Waals surface area contributed by atoms with Gasteiger partial charge >= 0.3 is 0 Å². The highest BCUT2D eigenvalue weighted by atomic mass is 35.7. The first-order valence-electron chi connectivity index (χ1n) is 4.46. The molecule has 0 aliphatic rings. The lowest BCUT2D eigenvalue weighted by Gasteiger charge is -2.06. The van der Waals surface area contributed by atoms with Crippen LogP contribution in [0.5, 0.6) is 0 Å². The van der Waals surface area contributed by atoms with Gasteiger partial charge in [-0.15, -0.1) is 0 Å². The predicted molar refractivity (Wildman–Crippen MR) is 54.6 cm³/mol. The molecular formula is C8H17ClO3S. The molecule has 13 heavy (non-hydrogen) atoms. The van der Waals surface area contributed by atoms with Crippen LogP contribution >= 0.6 is 10.7 Å². The maximum Gasteiger partial charge on any atom is 0.232 e. The van der Waals surface area contributed by atoms with Gasteiger partial charge < -0.3 is 4.74 Å². The number of ether oxygens (including phenoxy) is 1. The zero-order valence-electron chi connectivity index (χ0n) is 8.12. The highest BCUT2D eigenvalue weighted by Gasteiger charge is 2.03. The fourth-order valence-electron chi connectivity index (χ4n) is 0.872. The molecule has 0 saturated heterocycles. The summed E-state index contributed by atoms with van der Waals surface area (Å²) in [6.45, 7) is 4.65. The van der Waals surface area contributed by atoms with Crippen LogP contribution in [-0.4, -0.2) is 26.9 Å². The maximum atomic E-state index is 10.5. The molecule has 0 spiro atoms. The summed E-state index contributed by atoms with van der Waals surface area (Å²) in [5.74, 6) is 0.0657. The monoisotopic (exact) mass is 228 g/mol. The van der Waals surface area contributed by atoms with Crippen LogP contribution in [0.3, 0.4) is 0 Å². The summed E-state index contributed by atoms with van der Waals surface area (Å²) in [7, 11) is 1.74. The van der Waals surface area contributed by atoms with Crippen molar-refractivity contribution >= 4 is 19.7 Å². The first kappa shape index (κ1) is 13.2. The lowest BCUT2D eigenvalue weighted by molar-refractivity contribution is 0.0760. The molecule has 0 amide bonds. The van der Waals surface area contributed by atoms with E-state index >= 15 is 0 Å². The summed E-state index contributed by atoms with van der Waals surface area (Å²) in [6.07, 6.45) is 2.60. The molecule has 0 unspecified atom stereocenters. The molecule has 0 fully saturated rings. The molecular weight excluding hydrogens is 212 g/mol. The van der Waals surface area contributed by atoms with Crippen LogP contribution in [0.2, 0.25) is 0 Å². The zero-order valence-corrected chi connectivity index (χ0v) is 9.70. The van der Waals surface area contributed by atoms with Crippen molar-refractivity contribution in [3.05, 3.63) is 0 Å². The smallest absolute Gasteiger partial charge is 0.232 e. The molecule has 0 bridgehead atoms. The Labute approximate surface area is 84.8 Å². The summed E-state index contributed by atoms with van der Waals surface area (Å²) < 4.78 is 26.3. The van der Waals surface area contributed by atoms with E-state index in [1.165, 1.54) is 0 Å². The molecule has 0 heterocycles. The van der Waals surface area contributed by atoms with Crippen LogP contribution in [-0.2, 0) is 13.8 Å². The average Bonchev–Trinajstić information content (AvgIpc) is 1.93. The van der Waals surface area contributed by atoms with E-state index in [-0.39, 0.29) is 11.9 Å². The van der Waals surface area contributed by atoms with Gasteiger partial charge in [-0.3, -0.25) is 0 Å². The first-order chi connectivity index (χ1) is 5.92. The quantitative estimate of drug-likeness (QED) is 0.496. The average molecular weight is 229 g/mol. The van der Waals surface area contributed by atoms with Crippen LogP contribution in [0, 0.1) is 0 Å². The number of halogens is 1. The molecule has 5 heteroatoms. The molecule has 0 radical (unpaired) electrons. The molecule has 0 aromatic rings. The molecule has 0 rings (SSSR count). The Kier molecular flexibility index (Phi) is 6.73. The molecule has 0 atom stereocenters. The SMILES string of the molecule is CC(C)OCCCCCS(=O)(=O)Cl. The van der Waals surface area contributed by atoms with Crippen LogP contribution in [0.4, 0.5) is 0 Å². The fourth-order valence-corrected chi connectivity index (χ4v) is 1.75. The van der Waals surface area contributed by atoms with Crippen molar-refractivity contribution in [2.45, 2.75) is 39.2 Å². The van der Waals surface area contributed by atoms with Crippen molar-refractivity contribution in [3.8, 4) is 0 Å². The molecule has 0 aliphatic carbocycles. The molecule has 80 valence electrons. The van der Waals surface area contributed by atoms with E-state index in [4.69, 9.17) is 15.4 Å². The van der Waals surface area contributed by atoms with E-state index in [1.807, 2.05) is 13.8 Å². The topological polar surface area (TPSA) is 43.4 Å². The van der Waals surface area contributed by atoms with Crippen molar-refractivity contribution in [2.75, 3.05) is 12.4 Å². The van der Waals surface area contributed by atoms with Crippen LogP contribution in [0.15, 0.2) is 0 Å². The van der Waals surface area contributed by atoms with Gasteiger partial charge in [-0.25, -0.2) is 8.42 Å². The molecule has 0 saturated carbocycles. The van der Waals surface area contributed by atoms with Crippen LogP contribution in [0.1, 0.15) is 33.1 Å². The molecule has 0 aromatic heterocycles. The second-order valence-electron chi connectivity index (χ2n) is 3.22. The molecule has 0 aliphatic heterocycles. The van der Waals surface area contributed by atoms with Gasteiger partial charge in [-0.1, -0.05) is 6.42 Å². The lowest BCUT2D eigenvalue weighted by Crippen LogP contribution is -2.04. The number of hydrogen-bond acceptors (Lipinski definition) is 3. The van der Waals surface area contributed by atoms with Crippen molar-refractivity contribution < 1.29 is 13.2 Å². The van der Waals surface area contributed by atoms with Gasteiger partial charge in [0.25, 0.3) is 0 Å². The predicted octanol–water partition coefficient (Wildman–Crippen LogP) is 2.15. The molecule has 0 N–H and O–H groups in total. The van der Waals surface area contributed by atoms with E-state index < -0.39 is 9.05 Å². The molecule has 0 aromatic carbocycles. The number of rotatable bonds is 7. The standard InChI is InChI=1S/C8H17ClO3S/c1-8(2)12-6-4-3-5-7-13(9,10)11/h8H,3-7H2,1-2H3. The minimum atomic E-state index is -3.30. The third kappa shape index (κ3) is 12.2. The highest BCUT2D eigenvalue weighted by molar-refractivity contribution is 8.13. The van der Waals surface area contributed by atoms with Crippen molar-refractivity contribution in [3.63, 3.8) is 0 Å². The Morgan fingerprint density at radius 3 is 2.31 bits per heavy atom. The van der Waals surface area contributed by atoms with E-state index in [0.717, 1.165) is 12.8 Å². The van der Waals surface area contributed by atoms with Crippen LogP contribution in [0.25, 0.3) is 0 Å². The molecule has 3 nitrogen and oxygen atoms in total. The summed E-state index contributed by atoms with van der Waals surface area (Å²) in [4.78, 5) is 0. The normalized spacial score (nSPS) is 12.3. The van der Waals surface area contributed by atoms with Gasteiger partial charge in [-0.2, -0.15) is 0 Å². The minimum Gasteiger partial charge on any atom is -0.379 e. The van der Waals surface area contributed by atoms with Gasteiger partial charge in [0.1, 0.15) is 0 Å². The van der Waals surface area contributed by atoms with Crippen molar-refractivity contribution in [1.29, 1.82) is 0 Å². The summed E-state index contributed by atoms with van der Waals surface area (Å²) >= 11 is 0. The van der Waals surface area contributed by atoms with E-state index in [1.54, 1.807) is 0 Å². The minimum absolute atomic E-state index is 0.0657. The van der Waals surface area contributed by atoms with Gasteiger partial charge in [0.15, 0.2) is 0 Å². The number of unbranched alkanes of at least 4 members (excludes halogenated alkanes) is 2. The first-order valence-corrected chi connectivity index (χ1v) is 6.93. The maximum absolute atomic E-state index is 10.5. The van der Waals surface area contributed by atoms with E-state index in [2.05, 4.69) is 0 Å². The van der Waals surface area contributed by atoms with Crippen LogP contribution < -0.4 is 0 Å². The van der Waals surface area contributed by atoms with Gasteiger partial charge in [0, 0.05) is 17.3 Å². The summed E-state index contributed by atoms with van der Waals surface area (Å²) in [5.41, 5.74) is 0. The Bertz CT molecular complexity index is 211. The van der Waals surface area contributed by atoms with Gasteiger partial charge in [0.05, 0.1) is 11.9 Å². The largest absolute Gasteiger partial charge is 0.379 e. The summed E-state index contributed by atoms with van der Waals surface area (Å²) in [6, 6.07) is 0. The summed E-state index contributed by atoms with van der Waals surface area (Å²) in [5, 5.41) is 0. The van der Waals surface area contributed by atoms with E-state index in [0.29, 0.717) is 13.0 Å². The second-order valence-corrected chi connectivity index (χ2v) is 6.12. The Balaban J connectivity index is 3.18. The van der Waals surface area contributed by atoms with Crippen molar-refractivity contribution in [2.24, 2.45) is 0 Å².